The number of carbonyl (C=O) groups excluding carboxylic acids is 1. The van der Waals surface area contributed by atoms with E-state index in [2.05, 4.69) is 0 Å². The van der Waals surface area contributed by atoms with Crippen molar-refractivity contribution < 1.29 is 13.2 Å². The number of halogens is 1. The molecule has 2 saturated heterocycles. The van der Waals surface area contributed by atoms with E-state index in [9.17, 15) is 13.2 Å². The number of likely N-dealkylation sites (tertiary alicyclic amines) is 1. The molecular weight excluding hydrogens is 398 g/mol. The van der Waals surface area contributed by atoms with Gasteiger partial charge in [0.25, 0.3) is 5.91 Å². The van der Waals surface area contributed by atoms with Gasteiger partial charge in [0.15, 0.2) is 0 Å². The SMILES string of the molecule is Cl.N[C@@H]1CN(C(=O)c2cccc(N3CCCS3(=O)=O)c2)C[C@H]1c1ccccc1. The fraction of sp³-hybridized carbons (Fsp3) is 0.350. The molecule has 4 rings (SSSR count). The number of nitrogens with two attached hydrogens (primary N) is 1. The normalized spacial score (nSPS) is 23.5. The molecule has 0 spiro atoms. The predicted octanol–water partition coefficient (Wildman–Crippen LogP) is 2.22. The maximum atomic E-state index is 13.0. The van der Waals surface area contributed by atoms with Gasteiger partial charge in [-0.15, -0.1) is 12.4 Å². The Labute approximate surface area is 171 Å². The fourth-order valence-corrected chi connectivity index (χ4v) is 5.51. The monoisotopic (exact) mass is 421 g/mol. The summed E-state index contributed by atoms with van der Waals surface area (Å²) in [5, 5.41) is 0. The zero-order chi connectivity index (χ0) is 19.0. The molecule has 2 atom stereocenters. The van der Waals surface area contributed by atoms with Crippen LogP contribution >= 0.6 is 12.4 Å². The van der Waals surface area contributed by atoms with Gasteiger partial charge in [0.2, 0.25) is 10.0 Å². The van der Waals surface area contributed by atoms with E-state index in [4.69, 9.17) is 5.73 Å². The maximum absolute atomic E-state index is 13.0. The van der Waals surface area contributed by atoms with Gasteiger partial charge in [-0.05, 0) is 30.2 Å². The number of carbonyl (C=O) groups is 1. The number of nitrogens with zero attached hydrogens (tertiary/aromatic N) is 2. The van der Waals surface area contributed by atoms with E-state index in [-0.39, 0.29) is 36.0 Å². The van der Waals surface area contributed by atoms with E-state index in [0.717, 1.165) is 5.56 Å². The minimum Gasteiger partial charge on any atom is -0.336 e. The molecule has 2 aliphatic heterocycles. The third-order valence-electron chi connectivity index (χ3n) is 5.36. The molecule has 2 N–H and O–H groups in total. The van der Waals surface area contributed by atoms with Crippen LogP contribution in [-0.2, 0) is 10.0 Å². The number of anilines is 1. The van der Waals surface area contributed by atoms with E-state index >= 15 is 0 Å². The summed E-state index contributed by atoms with van der Waals surface area (Å²) in [6.45, 7) is 1.52. The van der Waals surface area contributed by atoms with Crippen molar-refractivity contribution in [1.29, 1.82) is 0 Å². The van der Waals surface area contributed by atoms with Crippen LogP contribution in [0, 0.1) is 0 Å². The molecule has 0 aliphatic carbocycles. The second kappa shape index (κ2) is 8.11. The summed E-state index contributed by atoms with van der Waals surface area (Å²) >= 11 is 0. The lowest BCUT2D eigenvalue weighted by Gasteiger charge is -2.20. The van der Waals surface area contributed by atoms with Crippen molar-refractivity contribution in [3.8, 4) is 0 Å². The standard InChI is InChI=1S/C20H23N3O3S.ClH/c21-19-14-22(13-18(19)15-6-2-1-3-7-15)20(24)16-8-4-9-17(12-16)23-10-5-11-27(23,25)26;/h1-4,6-9,12,18-19H,5,10-11,13-14,21H2;1H/t18-,19+;/m0./s1. The molecule has 28 heavy (non-hydrogen) atoms. The molecule has 0 saturated carbocycles. The zero-order valence-corrected chi connectivity index (χ0v) is 17.0. The van der Waals surface area contributed by atoms with Crippen LogP contribution in [0.4, 0.5) is 5.69 Å². The molecule has 2 aliphatic rings. The highest BCUT2D eigenvalue weighted by atomic mass is 35.5. The highest BCUT2D eigenvalue weighted by molar-refractivity contribution is 7.93. The fourth-order valence-electron chi connectivity index (χ4n) is 3.95. The third kappa shape index (κ3) is 3.87. The molecule has 2 fully saturated rings. The first kappa shape index (κ1) is 20.6. The maximum Gasteiger partial charge on any atom is 0.254 e. The van der Waals surface area contributed by atoms with Gasteiger partial charge in [-0.3, -0.25) is 9.10 Å². The lowest BCUT2D eigenvalue weighted by molar-refractivity contribution is 0.0789. The van der Waals surface area contributed by atoms with Crippen molar-refractivity contribution in [3.63, 3.8) is 0 Å². The molecule has 1 amide bonds. The molecule has 2 aromatic carbocycles. The topological polar surface area (TPSA) is 83.7 Å². The summed E-state index contributed by atoms with van der Waals surface area (Å²) in [5.41, 5.74) is 8.49. The summed E-state index contributed by atoms with van der Waals surface area (Å²) in [6.07, 6.45) is 0.611. The molecule has 0 aromatic heterocycles. The van der Waals surface area contributed by atoms with E-state index in [0.29, 0.717) is 37.3 Å². The number of rotatable bonds is 3. The Hall–Kier alpha value is -2.09. The third-order valence-corrected chi connectivity index (χ3v) is 7.23. The van der Waals surface area contributed by atoms with Gasteiger partial charge in [-0.2, -0.15) is 0 Å². The Kier molecular flexibility index (Phi) is 5.98. The molecule has 2 aromatic rings. The number of benzene rings is 2. The Balaban J connectivity index is 0.00000225. The predicted molar refractivity (Wildman–Crippen MR) is 113 cm³/mol. The number of sulfonamides is 1. The van der Waals surface area contributed by atoms with E-state index in [1.54, 1.807) is 29.2 Å². The average molecular weight is 422 g/mol. The summed E-state index contributed by atoms with van der Waals surface area (Å²) in [6, 6.07) is 16.8. The zero-order valence-electron chi connectivity index (χ0n) is 15.4. The van der Waals surface area contributed by atoms with Crippen LogP contribution in [0.2, 0.25) is 0 Å². The summed E-state index contributed by atoms with van der Waals surface area (Å²) in [5.74, 6) is 0.157. The first-order chi connectivity index (χ1) is 13.0. The van der Waals surface area contributed by atoms with Crippen molar-refractivity contribution in [3.05, 3.63) is 65.7 Å². The van der Waals surface area contributed by atoms with Gasteiger partial charge < -0.3 is 10.6 Å². The van der Waals surface area contributed by atoms with Crippen LogP contribution in [0.3, 0.4) is 0 Å². The Morgan fingerprint density at radius 1 is 1.04 bits per heavy atom. The van der Waals surface area contributed by atoms with Crippen LogP contribution < -0.4 is 10.0 Å². The molecule has 0 bridgehead atoms. The molecule has 2 heterocycles. The smallest absolute Gasteiger partial charge is 0.254 e. The van der Waals surface area contributed by atoms with Gasteiger partial charge >= 0.3 is 0 Å². The lowest BCUT2D eigenvalue weighted by atomic mass is 9.95. The average Bonchev–Trinajstić information content (AvgIpc) is 3.23. The van der Waals surface area contributed by atoms with Crippen molar-refractivity contribution in [1.82, 2.24) is 4.90 Å². The highest BCUT2D eigenvalue weighted by Crippen LogP contribution is 2.29. The Morgan fingerprint density at radius 3 is 2.46 bits per heavy atom. The molecule has 6 nitrogen and oxygen atoms in total. The van der Waals surface area contributed by atoms with Crippen molar-refractivity contribution in [2.75, 3.05) is 29.7 Å². The second-order valence-corrected chi connectivity index (χ2v) is 9.20. The highest BCUT2D eigenvalue weighted by Gasteiger charge is 2.35. The molecule has 150 valence electrons. The molecular formula is C20H24ClN3O3S. The summed E-state index contributed by atoms with van der Waals surface area (Å²) < 4.78 is 25.7. The van der Waals surface area contributed by atoms with Crippen LogP contribution in [0.15, 0.2) is 54.6 Å². The second-order valence-electron chi connectivity index (χ2n) is 7.18. The molecule has 0 radical (unpaired) electrons. The van der Waals surface area contributed by atoms with Crippen LogP contribution in [-0.4, -0.2) is 50.7 Å². The number of hydrogen-bond acceptors (Lipinski definition) is 4. The lowest BCUT2D eigenvalue weighted by Crippen LogP contribution is -2.32. The van der Waals surface area contributed by atoms with Gasteiger partial charge in [0.05, 0.1) is 11.4 Å². The van der Waals surface area contributed by atoms with E-state index < -0.39 is 10.0 Å². The van der Waals surface area contributed by atoms with Crippen molar-refractivity contribution in [2.24, 2.45) is 5.73 Å². The van der Waals surface area contributed by atoms with E-state index in [1.165, 1.54) is 4.31 Å². The first-order valence-electron chi connectivity index (χ1n) is 9.16. The van der Waals surface area contributed by atoms with Gasteiger partial charge in [-0.1, -0.05) is 36.4 Å². The first-order valence-corrected chi connectivity index (χ1v) is 10.8. The number of hydrogen-bond donors (Lipinski definition) is 1. The van der Waals surface area contributed by atoms with Crippen LogP contribution in [0.5, 0.6) is 0 Å². The van der Waals surface area contributed by atoms with Crippen molar-refractivity contribution >= 4 is 34.0 Å². The molecule has 0 unspecified atom stereocenters. The summed E-state index contributed by atoms with van der Waals surface area (Å²) in [7, 11) is -3.27. The minimum absolute atomic E-state index is 0. The van der Waals surface area contributed by atoms with E-state index in [1.807, 2.05) is 30.3 Å². The largest absolute Gasteiger partial charge is 0.336 e. The Bertz CT molecular complexity index is 952. The van der Waals surface area contributed by atoms with Gasteiger partial charge in [0, 0.05) is 37.2 Å². The number of amides is 1. The minimum atomic E-state index is -3.27. The quantitative estimate of drug-likeness (QED) is 0.823. The van der Waals surface area contributed by atoms with Crippen LogP contribution in [0.1, 0.15) is 28.3 Å². The van der Waals surface area contributed by atoms with Gasteiger partial charge in [-0.25, -0.2) is 8.42 Å². The molecule has 8 heteroatoms. The van der Waals surface area contributed by atoms with Gasteiger partial charge in [0.1, 0.15) is 0 Å². The van der Waals surface area contributed by atoms with Crippen molar-refractivity contribution in [2.45, 2.75) is 18.4 Å². The van der Waals surface area contributed by atoms with Crippen LogP contribution in [0.25, 0.3) is 0 Å². The summed E-state index contributed by atoms with van der Waals surface area (Å²) in [4.78, 5) is 14.8. The Morgan fingerprint density at radius 2 is 1.79 bits per heavy atom.